The summed E-state index contributed by atoms with van der Waals surface area (Å²) in [7, 11) is 1.38. The van der Waals surface area contributed by atoms with Gasteiger partial charge in [0.15, 0.2) is 0 Å². The molecule has 0 aromatic rings. The number of carboxylic acids is 1. The van der Waals surface area contributed by atoms with Gasteiger partial charge in [-0.05, 0) is 19.3 Å². The molecule has 1 rings (SSSR count). The fourth-order valence-electron chi connectivity index (χ4n) is 2.30. The molecule has 7 nitrogen and oxygen atoms in total. The van der Waals surface area contributed by atoms with Crippen molar-refractivity contribution in [3.05, 3.63) is 0 Å². The molecule has 21 heavy (non-hydrogen) atoms. The molecule has 0 aromatic carbocycles. The van der Waals surface area contributed by atoms with E-state index in [2.05, 4.69) is 10.1 Å². The summed E-state index contributed by atoms with van der Waals surface area (Å²) in [5, 5.41) is 11.7. The van der Waals surface area contributed by atoms with E-state index in [1.807, 2.05) is 0 Å². The van der Waals surface area contributed by atoms with Crippen molar-refractivity contribution in [2.45, 2.75) is 38.5 Å². The maximum absolute atomic E-state index is 11.8. The summed E-state index contributed by atoms with van der Waals surface area (Å²) in [6.45, 7) is 1.37. The molecule has 1 fully saturated rings. The number of nitrogens with zero attached hydrogens (tertiary/aromatic N) is 1. The van der Waals surface area contributed by atoms with Crippen molar-refractivity contribution in [3.63, 3.8) is 0 Å². The summed E-state index contributed by atoms with van der Waals surface area (Å²) in [6.07, 6.45) is 4.48. The zero-order valence-electron chi connectivity index (χ0n) is 12.5. The first kappa shape index (κ1) is 17.3. The van der Waals surface area contributed by atoms with E-state index in [1.165, 1.54) is 7.11 Å². The fraction of sp³-hybridized carbons (Fsp3) is 0.786. The van der Waals surface area contributed by atoms with Gasteiger partial charge in [0.05, 0.1) is 13.0 Å². The van der Waals surface area contributed by atoms with Gasteiger partial charge in [-0.3, -0.25) is 9.59 Å². The maximum atomic E-state index is 11.8. The summed E-state index contributed by atoms with van der Waals surface area (Å²) < 4.78 is 4.55. The van der Waals surface area contributed by atoms with E-state index in [4.69, 9.17) is 5.11 Å². The lowest BCUT2D eigenvalue weighted by Gasteiger charge is -2.16. The summed E-state index contributed by atoms with van der Waals surface area (Å²) in [4.78, 5) is 35.0. The summed E-state index contributed by atoms with van der Waals surface area (Å²) in [5.74, 6) is -1.46. The first-order valence-corrected chi connectivity index (χ1v) is 7.37. The molecule has 1 aliphatic rings. The lowest BCUT2D eigenvalue weighted by Crippen LogP contribution is -2.39. The Morgan fingerprint density at radius 2 is 1.95 bits per heavy atom. The second-order valence-corrected chi connectivity index (χ2v) is 5.24. The van der Waals surface area contributed by atoms with Crippen molar-refractivity contribution in [2.75, 3.05) is 26.7 Å². The topological polar surface area (TPSA) is 95.9 Å². The average molecular weight is 300 g/mol. The van der Waals surface area contributed by atoms with Crippen LogP contribution in [0.2, 0.25) is 0 Å². The Kier molecular flexibility index (Phi) is 7.56. The van der Waals surface area contributed by atoms with Crippen LogP contribution in [0.25, 0.3) is 0 Å². The molecule has 0 bridgehead atoms. The second kappa shape index (κ2) is 9.20. The maximum Gasteiger partial charge on any atom is 0.317 e. The summed E-state index contributed by atoms with van der Waals surface area (Å²) in [6, 6.07) is -0.187. The van der Waals surface area contributed by atoms with E-state index < -0.39 is 11.9 Å². The minimum atomic E-state index is -0.837. The van der Waals surface area contributed by atoms with Gasteiger partial charge in [-0.25, -0.2) is 4.79 Å². The van der Waals surface area contributed by atoms with Crippen molar-refractivity contribution in [1.82, 2.24) is 10.2 Å². The molecule has 1 aliphatic heterocycles. The highest BCUT2D eigenvalue weighted by atomic mass is 16.5. The van der Waals surface area contributed by atoms with Crippen molar-refractivity contribution in [3.8, 4) is 0 Å². The number of carboxylic acid groups (broad SMARTS) is 1. The molecule has 1 atom stereocenters. The van der Waals surface area contributed by atoms with Crippen molar-refractivity contribution < 1.29 is 24.2 Å². The minimum Gasteiger partial charge on any atom is -0.481 e. The van der Waals surface area contributed by atoms with Crippen LogP contribution in [-0.2, 0) is 14.3 Å². The van der Waals surface area contributed by atoms with Gasteiger partial charge in [0.1, 0.15) is 0 Å². The minimum absolute atomic E-state index is 0.187. The number of hydrogen-bond acceptors (Lipinski definition) is 4. The van der Waals surface area contributed by atoms with Crippen LogP contribution in [0.1, 0.15) is 38.5 Å². The SMILES string of the molecule is COC(=O)CCCCCCNC(=O)N1CCC(C(=O)O)C1. The molecule has 0 spiro atoms. The zero-order chi connectivity index (χ0) is 15.7. The second-order valence-electron chi connectivity index (χ2n) is 5.24. The Bertz CT molecular complexity index is 372. The molecule has 1 heterocycles. The van der Waals surface area contributed by atoms with Gasteiger partial charge >= 0.3 is 18.0 Å². The van der Waals surface area contributed by atoms with Crippen LogP contribution in [0.3, 0.4) is 0 Å². The van der Waals surface area contributed by atoms with Gasteiger partial charge in [0.25, 0.3) is 0 Å². The number of rotatable bonds is 8. The molecule has 2 amide bonds. The molecule has 0 aromatic heterocycles. The Morgan fingerprint density at radius 1 is 1.24 bits per heavy atom. The third kappa shape index (κ3) is 6.46. The van der Waals surface area contributed by atoms with Gasteiger partial charge in [-0.1, -0.05) is 12.8 Å². The molecular formula is C14H24N2O5. The average Bonchev–Trinajstić information content (AvgIpc) is 2.95. The Morgan fingerprint density at radius 3 is 2.57 bits per heavy atom. The summed E-state index contributed by atoms with van der Waals surface area (Å²) in [5.41, 5.74) is 0. The molecule has 120 valence electrons. The van der Waals surface area contributed by atoms with E-state index in [9.17, 15) is 14.4 Å². The zero-order valence-corrected chi connectivity index (χ0v) is 12.5. The van der Waals surface area contributed by atoms with Crippen LogP contribution in [0.5, 0.6) is 0 Å². The standard InChI is InChI=1S/C14H24N2O5/c1-21-12(17)6-4-2-3-5-8-15-14(20)16-9-7-11(10-16)13(18)19/h11H,2-10H2,1H3,(H,15,20)(H,18,19). The molecule has 1 unspecified atom stereocenters. The van der Waals surface area contributed by atoms with Gasteiger partial charge in [0, 0.05) is 26.1 Å². The van der Waals surface area contributed by atoms with Crippen LogP contribution in [0.15, 0.2) is 0 Å². The molecule has 7 heteroatoms. The monoisotopic (exact) mass is 300 g/mol. The van der Waals surface area contributed by atoms with Gasteiger partial charge in [-0.2, -0.15) is 0 Å². The Hall–Kier alpha value is -1.79. The van der Waals surface area contributed by atoms with Gasteiger partial charge < -0.3 is 20.1 Å². The smallest absolute Gasteiger partial charge is 0.317 e. The molecular weight excluding hydrogens is 276 g/mol. The Balaban J connectivity index is 2.02. The third-order valence-electron chi connectivity index (χ3n) is 3.64. The number of carbonyl (C=O) groups is 3. The van der Waals surface area contributed by atoms with Crippen molar-refractivity contribution in [2.24, 2.45) is 5.92 Å². The first-order chi connectivity index (χ1) is 10.0. The number of urea groups is 1. The van der Waals surface area contributed by atoms with Crippen molar-refractivity contribution >= 4 is 18.0 Å². The van der Waals surface area contributed by atoms with E-state index in [0.29, 0.717) is 32.5 Å². The third-order valence-corrected chi connectivity index (χ3v) is 3.64. The largest absolute Gasteiger partial charge is 0.481 e. The molecule has 0 saturated carbocycles. The highest BCUT2D eigenvalue weighted by Gasteiger charge is 2.30. The van der Waals surface area contributed by atoms with Gasteiger partial charge in [0.2, 0.25) is 0 Å². The number of esters is 1. The van der Waals surface area contributed by atoms with E-state index >= 15 is 0 Å². The number of aliphatic carboxylic acids is 1. The number of likely N-dealkylation sites (tertiary alicyclic amines) is 1. The lowest BCUT2D eigenvalue weighted by molar-refractivity contribution is -0.141. The van der Waals surface area contributed by atoms with Crippen LogP contribution in [-0.4, -0.2) is 54.7 Å². The van der Waals surface area contributed by atoms with E-state index in [1.54, 1.807) is 4.90 Å². The predicted molar refractivity (Wildman–Crippen MR) is 75.8 cm³/mol. The van der Waals surface area contributed by atoms with Crippen LogP contribution < -0.4 is 5.32 Å². The molecule has 1 saturated heterocycles. The van der Waals surface area contributed by atoms with Crippen molar-refractivity contribution in [1.29, 1.82) is 0 Å². The summed E-state index contributed by atoms with van der Waals surface area (Å²) >= 11 is 0. The van der Waals surface area contributed by atoms with Crippen LogP contribution in [0.4, 0.5) is 4.79 Å². The quantitative estimate of drug-likeness (QED) is 0.519. The predicted octanol–water partition coefficient (Wildman–Crippen LogP) is 1.23. The lowest BCUT2D eigenvalue weighted by atomic mass is 10.1. The Labute approximate surface area is 124 Å². The number of nitrogens with one attached hydrogen (secondary N) is 1. The molecule has 0 radical (unpaired) electrons. The highest BCUT2D eigenvalue weighted by Crippen LogP contribution is 2.16. The normalized spacial score (nSPS) is 17.6. The number of carbonyl (C=O) groups excluding carboxylic acids is 2. The molecule has 2 N–H and O–H groups in total. The first-order valence-electron chi connectivity index (χ1n) is 7.37. The number of amides is 2. The number of methoxy groups -OCH3 is 1. The van der Waals surface area contributed by atoms with Crippen LogP contribution in [0, 0.1) is 5.92 Å². The molecule has 0 aliphatic carbocycles. The van der Waals surface area contributed by atoms with E-state index in [0.717, 1.165) is 25.7 Å². The number of hydrogen-bond donors (Lipinski definition) is 2. The fourth-order valence-corrected chi connectivity index (χ4v) is 2.30. The van der Waals surface area contributed by atoms with Crippen LogP contribution >= 0.6 is 0 Å². The van der Waals surface area contributed by atoms with Gasteiger partial charge in [-0.15, -0.1) is 0 Å². The van der Waals surface area contributed by atoms with E-state index in [-0.39, 0.29) is 12.0 Å². The number of ether oxygens (including phenoxy) is 1. The number of unbranched alkanes of at least 4 members (excludes halogenated alkanes) is 3. The highest BCUT2D eigenvalue weighted by molar-refractivity contribution is 5.77.